The van der Waals surface area contributed by atoms with Gasteiger partial charge in [-0.15, -0.1) is 0 Å². The van der Waals surface area contributed by atoms with Gasteiger partial charge < -0.3 is 15.4 Å². The number of aromatic amines is 1. The van der Waals surface area contributed by atoms with E-state index in [4.69, 9.17) is 0 Å². The van der Waals surface area contributed by atoms with Crippen LogP contribution in [0.25, 0.3) is 0 Å². The molecule has 0 bridgehead atoms. The normalized spacial score (nSPS) is 12.1. The molecule has 0 saturated heterocycles. The lowest BCUT2D eigenvalue weighted by Crippen LogP contribution is -2.31. The summed E-state index contributed by atoms with van der Waals surface area (Å²) in [6.07, 6.45) is 2.66. The summed E-state index contributed by atoms with van der Waals surface area (Å²) < 4.78 is 0. The molecule has 4 nitrogen and oxygen atoms in total. The summed E-state index contributed by atoms with van der Waals surface area (Å²) in [6.45, 7) is 1.96. The Morgan fingerprint density at radius 1 is 1.32 bits per heavy atom. The lowest BCUT2D eigenvalue weighted by molar-refractivity contribution is 0.0912. The largest absolute Gasteiger partial charge is 0.394 e. The average Bonchev–Trinajstić information content (AvgIpc) is 2.99. The van der Waals surface area contributed by atoms with Gasteiger partial charge in [0.15, 0.2) is 0 Å². The van der Waals surface area contributed by atoms with E-state index in [2.05, 4.69) is 17.2 Å². The zero-order chi connectivity index (χ0) is 13.7. The summed E-state index contributed by atoms with van der Waals surface area (Å²) in [5, 5.41) is 12.2. The maximum atomic E-state index is 11.9. The Balaban J connectivity index is 2.09. The van der Waals surface area contributed by atoms with E-state index in [1.165, 1.54) is 5.56 Å². The Morgan fingerprint density at radius 3 is 2.58 bits per heavy atom. The number of hydrogen-bond donors (Lipinski definition) is 3. The van der Waals surface area contributed by atoms with Gasteiger partial charge in [-0.05, 0) is 29.7 Å². The SMILES string of the molecule is CCc1ccc(C(CO)NC(=O)c2ccc[nH]2)cc1. The molecule has 3 N–H and O–H groups in total. The summed E-state index contributed by atoms with van der Waals surface area (Å²) in [5.74, 6) is -0.219. The number of aromatic nitrogens is 1. The van der Waals surface area contributed by atoms with Crippen molar-refractivity contribution in [2.24, 2.45) is 0 Å². The topological polar surface area (TPSA) is 65.1 Å². The molecule has 4 heteroatoms. The highest BCUT2D eigenvalue weighted by Gasteiger charge is 2.15. The first kappa shape index (κ1) is 13.4. The van der Waals surface area contributed by atoms with Crippen LogP contribution in [0.4, 0.5) is 0 Å². The number of carbonyl (C=O) groups excluding carboxylic acids is 1. The second-order valence-electron chi connectivity index (χ2n) is 4.39. The van der Waals surface area contributed by atoms with Crippen molar-refractivity contribution in [1.82, 2.24) is 10.3 Å². The van der Waals surface area contributed by atoms with Crippen LogP contribution < -0.4 is 5.32 Å². The minimum Gasteiger partial charge on any atom is -0.394 e. The van der Waals surface area contributed by atoms with Gasteiger partial charge in [-0.1, -0.05) is 31.2 Å². The van der Waals surface area contributed by atoms with Crippen LogP contribution in [0.2, 0.25) is 0 Å². The van der Waals surface area contributed by atoms with Crippen molar-refractivity contribution < 1.29 is 9.90 Å². The van der Waals surface area contributed by atoms with Gasteiger partial charge in [0, 0.05) is 6.20 Å². The molecule has 1 atom stereocenters. The van der Waals surface area contributed by atoms with Gasteiger partial charge in [0.2, 0.25) is 0 Å². The second-order valence-corrected chi connectivity index (χ2v) is 4.39. The Hall–Kier alpha value is -2.07. The molecule has 0 aliphatic carbocycles. The first-order valence-corrected chi connectivity index (χ1v) is 6.38. The number of hydrogen-bond acceptors (Lipinski definition) is 2. The van der Waals surface area contributed by atoms with Crippen LogP contribution in [0.15, 0.2) is 42.6 Å². The van der Waals surface area contributed by atoms with E-state index in [9.17, 15) is 9.90 Å². The van der Waals surface area contributed by atoms with Crippen molar-refractivity contribution in [3.8, 4) is 0 Å². The van der Waals surface area contributed by atoms with E-state index in [-0.39, 0.29) is 18.6 Å². The van der Waals surface area contributed by atoms with Gasteiger partial charge in [-0.2, -0.15) is 0 Å². The van der Waals surface area contributed by atoms with E-state index >= 15 is 0 Å². The van der Waals surface area contributed by atoms with Gasteiger partial charge in [-0.25, -0.2) is 0 Å². The van der Waals surface area contributed by atoms with E-state index < -0.39 is 0 Å². The molecule has 0 saturated carbocycles. The summed E-state index contributed by atoms with van der Waals surface area (Å²) in [6, 6.07) is 11.0. The molecule has 0 aliphatic heterocycles. The number of aliphatic hydroxyl groups is 1. The molecule has 0 fully saturated rings. The van der Waals surface area contributed by atoms with E-state index in [0.717, 1.165) is 12.0 Å². The molecule has 1 aromatic carbocycles. The van der Waals surface area contributed by atoms with Crippen molar-refractivity contribution in [3.05, 3.63) is 59.4 Å². The number of rotatable bonds is 5. The minimum absolute atomic E-state index is 0.127. The first-order valence-electron chi connectivity index (χ1n) is 6.38. The van der Waals surface area contributed by atoms with Crippen LogP contribution in [0.1, 0.15) is 34.6 Å². The second kappa shape index (κ2) is 6.20. The van der Waals surface area contributed by atoms with Crippen LogP contribution in [0.3, 0.4) is 0 Å². The number of amides is 1. The Morgan fingerprint density at radius 2 is 2.05 bits per heavy atom. The van der Waals surface area contributed by atoms with E-state index in [1.54, 1.807) is 18.3 Å². The van der Waals surface area contributed by atoms with Crippen molar-refractivity contribution in [3.63, 3.8) is 0 Å². The van der Waals surface area contributed by atoms with Crippen molar-refractivity contribution in [2.45, 2.75) is 19.4 Å². The van der Waals surface area contributed by atoms with Gasteiger partial charge in [0.25, 0.3) is 5.91 Å². The zero-order valence-electron chi connectivity index (χ0n) is 10.9. The Labute approximate surface area is 112 Å². The molecule has 2 aromatic rings. The third kappa shape index (κ3) is 3.23. The number of carbonyl (C=O) groups is 1. The third-order valence-electron chi connectivity index (χ3n) is 3.12. The predicted octanol–water partition coefficient (Wildman–Crippen LogP) is 2.04. The first-order chi connectivity index (χ1) is 9.24. The maximum Gasteiger partial charge on any atom is 0.268 e. The fourth-order valence-corrected chi connectivity index (χ4v) is 1.93. The van der Waals surface area contributed by atoms with Gasteiger partial charge in [-0.3, -0.25) is 4.79 Å². The summed E-state index contributed by atoms with van der Waals surface area (Å²) in [7, 11) is 0. The summed E-state index contributed by atoms with van der Waals surface area (Å²) in [4.78, 5) is 14.8. The van der Waals surface area contributed by atoms with Crippen molar-refractivity contribution in [2.75, 3.05) is 6.61 Å². The highest BCUT2D eigenvalue weighted by molar-refractivity contribution is 5.92. The molecule has 1 unspecified atom stereocenters. The third-order valence-corrected chi connectivity index (χ3v) is 3.12. The molecule has 19 heavy (non-hydrogen) atoms. The quantitative estimate of drug-likeness (QED) is 0.768. The number of benzene rings is 1. The fourth-order valence-electron chi connectivity index (χ4n) is 1.93. The van der Waals surface area contributed by atoms with E-state index in [0.29, 0.717) is 5.69 Å². The molecule has 1 amide bonds. The van der Waals surface area contributed by atoms with Crippen molar-refractivity contribution >= 4 is 5.91 Å². The smallest absolute Gasteiger partial charge is 0.268 e. The molecule has 2 rings (SSSR count). The fraction of sp³-hybridized carbons (Fsp3) is 0.267. The highest BCUT2D eigenvalue weighted by Crippen LogP contribution is 2.14. The maximum absolute atomic E-state index is 11.9. The molecule has 1 aromatic heterocycles. The monoisotopic (exact) mass is 258 g/mol. The highest BCUT2D eigenvalue weighted by atomic mass is 16.3. The van der Waals surface area contributed by atoms with Crippen molar-refractivity contribution in [1.29, 1.82) is 0 Å². The number of H-pyrrole nitrogens is 1. The van der Waals surface area contributed by atoms with E-state index in [1.807, 2.05) is 24.3 Å². The standard InChI is InChI=1S/C15H18N2O2/c1-2-11-5-7-12(8-6-11)14(10-18)17-15(19)13-4-3-9-16-13/h3-9,14,16,18H,2,10H2,1H3,(H,17,19). The number of aliphatic hydroxyl groups excluding tert-OH is 1. The van der Waals surface area contributed by atoms with Gasteiger partial charge >= 0.3 is 0 Å². The summed E-state index contributed by atoms with van der Waals surface area (Å²) >= 11 is 0. The zero-order valence-corrected chi connectivity index (χ0v) is 10.9. The van der Waals surface area contributed by atoms with Crippen LogP contribution in [-0.4, -0.2) is 22.6 Å². The number of nitrogens with one attached hydrogen (secondary N) is 2. The van der Waals surface area contributed by atoms with Crippen LogP contribution >= 0.6 is 0 Å². The lowest BCUT2D eigenvalue weighted by atomic mass is 10.0. The summed E-state index contributed by atoms with van der Waals surface area (Å²) in [5.41, 5.74) is 2.62. The van der Waals surface area contributed by atoms with Crippen LogP contribution in [0, 0.1) is 0 Å². The van der Waals surface area contributed by atoms with Gasteiger partial charge in [0.1, 0.15) is 5.69 Å². The molecule has 0 radical (unpaired) electrons. The minimum atomic E-state index is -0.387. The molecule has 0 spiro atoms. The molecular formula is C15H18N2O2. The Kier molecular flexibility index (Phi) is 4.36. The Bertz CT molecular complexity index is 518. The van der Waals surface area contributed by atoms with Crippen LogP contribution in [0.5, 0.6) is 0 Å². The molecule has 1 heterocycles. The molecular weight excluding hydrogens is 240 g/mol. The van der Waals surface area contributed by atoms with Gasteiger partial charge in [0.05, 0.1) is 12.6 Å². The molecule has 100 valence electrons. The molecule has 0 aliphatic rings. The lowest BCUT2D eigenvalue weighted by Gasteiger charge is -2.16. The predicted molar refractivity (Wildman–Crippen MR) is 73.9 cm³/mol. The average molecular weight is 258 g/mol. The number of aryl methyl sites for hydroxylation is 1. The van der Waals surface area contributed by atoms with Crippen LogP contribution in [-0.2, 0) is 6.42 Å².